The molecule has 0 radical (unpaired) electrons. The Kier molecular flexibility index (Phi) is 4.97. The van der Waals surface area contributed by atoms with Crippen LogP contribution in [0.3, 0.4) is 0 Å². The molecule has 1 fully saturated rings. The lowest BCUT2D eigenvalue weighted by molar-refractivity contribution is -0.119. The summed E-state index contributed by atoms with van der Waals surface area (Å²) in [5, 5.41) is 7.75. The normalized spacial score (nSPS) is 21.6. The fraction of sp³-hybridized carbons (Fsp3) is 0.500. The van der Waals surface area contributed by atoms with Gasteiger partial charge in [0, 0.05) is 13.0 Å². The first-order valence-corrected chi connectivity index (χ1v) is 8.48. The van der Waals surface area contributed by atoms with E-state index in [0.29, 0.717) is 18.9 Å². The molecule has 2 rings (SSSR count). The molecule has 7 heteroatoms. The Morgan fingerprint density at radius 3 is 2.67 bits per heavy atom. The number of para-hydroxylation sites is 1. The van der Waals surface area contributed by atoms with Crippen LogP contribution in [0.1, 0.15) is 26.2 Å². The maximum Gasteiger partial charge on any atom is 0.240 e. The number of hydrogen-bond acceptors (Lipinski definition) is 4. The van der Waals surface area contributed by atoms with Crippen LogP contribution in [0.2, 0.25) is 0 Å². The summed E-state index contributed by atoms with van der Waals surface area (Å²) in [5.41, 5.74) is 0.227. The van der Waals surface area contributed by atoms with Gasteiger partial charge >= 0.3 is 0 Å². The van der Waals surface area contributed by atoms with Crippen molar-refractivity contribution in [3.05, 3.63) is 24.3 Å². The molecule has 21 heavy (non-hydrogen) atoms. The van der Waals surface area contributed by atoms with Crippen molar-refractivity contribution >= 4 is 21.6 Å². The van der Waals surface area contributed by atoms with Crippen molar-refractivity contribution in [2.45, 2.75) is 37.2 Å². The zero-order chi connectivity index (χ0) is 15.5. The lowest BCUT2D eigenvalue weighted by Crippen LogP contribution is -2.34. The van der Waals surface area contributed by atoms with Crippen LogP contribution in [-0.2, 0) is 19.6 Å². The summed E-state index contributed by atoms with van der Waals surface area (Å²) in [6.07, 6.45) is 2.36. The smallest absolute Gasteiger partial charge is 0.240 e. The second kappa shape index (κ2) is 6.55. The lowest BCUT2D eigenvalue weighted by atomic mass is 9.80. The van der Waals surface area contributed by atoms with Gasteiger partial charge in [-0.15, -0.1) is 0 Å². The van der Waals surface area contributed by atoms with Crippen LogP contribution in [0.5, 0.6) is 0 Å². The Morgan fingerprint density at radius 2 is 2.05 bits per heavy atom. The maximum absolute atomic E-state index is 12.0. The van der Waals surface area contributed by atoms with Gasteiger partial charge in [-0.25, -0.2) is 13.6 Å². The molecular weight excluding hydrogens is 292 g/mol. The molecule has 0 saturated heterocycles. The molecule has 1 amide bonds. The fourth-order valence-electron chi connectivity index (χ4n) is 2.49. The van der Waals surface area contributed by atoms with E-state index in [4.69, 9.17) is 9.88 Å². The highest BCUT2D eigenvalue weighted by Crippen LogP contribution is 2.33. The third-order valence-corrected chi connectivity index (χ3v) is 4.51. The van der Waals surface area contributed by atoms with Crippen LogP contribution in [0.4, 0.5) is 5.69 Å². The van der Waals surface area contributed by atoms with Crippen molar-refractivity contribution in [3.8, 4) is 0 Å². The Labute approximate surface area is 124 Å². The highest BCUT2D eigenvalue weighted by Gasteiger charge is 2.31. The molecular formula is C14H20N2O4S. The number of benzene rings is 1. The second-order valence-corrected chi connectivity index (χ2v) is 6.74. The number of anilines is 1. The van der Waals surface area contributed by atoms with E-state index in [9.17, 15) is 13.2 Å². The van der Waals surface area contributed by atoms with Crippen LogP contribution in [-0.4, -0.2) is 27.0 Å². The predicted octanol–water partition coefficient (Wildman–Crippen LogP) is 1.48. The molecule has 1 aliphatic carbocycles. The van der Waals surface area contributed by atoms with Crippen LogP contribution in [0.25, 0.3) is 0 Å². The zero-order valence-electron chi connectivity index (χ0n) is 11.9. The summed E-state index contributed by atoms with van der Waals surface area (Å²) >= 11 is 0. The molecule has 1 aromatic rings. The molecule has 0 heterocycles. The number of nitrogens with two attached hydrogens (primary N) is 1. The van der Waals surface area contributed by atoms with E-state index >= 15 is 0 Å². The van der Waals surface area contributed by atoms with E-state index in [0.717, 1.165) is 12.8 Å². The predicted molar refractivity (Wildman–Crippen MR) is 79.2 cm³/mol. The number of carbonyl (C=O) groups is 1. The minimum absolute atomic E-state index is 0.0702. The average molecular weight is 312 g/mol. The first-order valence-electron chi connectivity index (χ1n) is 6.93. The molecule has 1 aliphatic rings. The monoisotopic (exact) mass is 312 g/mol. The van der Waals surface area contributed by atoms with Gasteiger partial charge in [0.05, 0.1) is 11.8 Å². The molecule has 0 unspecified atom stereocenters. The van der Waals surface area contributed by atoms with Gasteiger partial charge in [0.2, 0.25) is 15.9 Å². The zero-order valence-corrected chi connectivity index (χ0v) is 12.7. The van der Waals surface area contributed by atoms with Gasteiger partial charge in [-0.2, -0.15) is 0 Å². The van der Waals surface area contributed by atoms with Crippen molar-refractivity contribution in [1.29, 1.82) is 0 Å². The summed E-state index contributed by atoms with van der Waals surface area (Å²) in [4.78, 5) is 11.9. The summed E-state index contributed by atoms with van der Waals surface area (Å²) in [6.45, 7) is 2.63. The van der Waals surface area contributed by atoms with E-state index in [1.165, 1.54) is 12.1 Å². The van der Waals surface area contributed by atoms with E-state index in [1.807, 2.05) is 6.92 Å². The van der Waals surface area contributed by atoms with Gasteiger partial charge in [0.1, 0.15) is 4.90 Å². The highest BCUT2D eigenvalue weighted by molar-refractivity contribution is 7.89. The largest absolute Gasteiger partial charge is 0.378 e. The van der Waals surface area contributed by atoms with Gasteiger partial charge in [-0.3, -0.25) is 4.79 Å². The Morgan fingerprint density at radius 1 is 1.38 bits per heavy atom. The maximum atomic E-state index is 12.0. The third kappa shape index (κ3) is 4.26. The first kappa shape index (κ1) is 15.9. The van der Waals surface area contributed by atoms with Crippen molar-refractivity contribution in [1.82, 2.24) is 0 Å². The SMILES string of the molecule is CCOC1CC(CC(=O)Nc2ccccc2S(N)(=O)=O)C1. The molecule has 116 valence electrons. The van der Waals surface area contributed by atoms with Crippen molar-refractivity contribution in [3.63, 3.8) is 0 Å². The van der Waals surface area contributed by atoms with Gasteiger partial charge < -0.3 is 10.1 Å². The lowest BCUT2D eigenvalue weighted by Gasteiger charge is -2.34. The van der Waals surface area contributed by atoms with Gasteiger partial charge in [0.15, 0.2) is 0 Å². The molecule has 0 spiro atoms. The highest BCUT2D eigenvalue weighted by atomic mass is 32.2. The molecule has 0 atom stereocenters. The van der Waals surface area contributed by atoms with Crippen molar-refractivity contribution in [2.75, 3.05) is 11.9 Å². The minimum atomic E-state index is -3.85. The molecule has 0 aromatic heterocycles. The number of nitrogens with one attached hydrogen (secondary N) is 1. The number of sulfonamides is 1. The van der Waals surface area contributed by atoms with E-state index in [-0.39, 0.29) is 22.6 Å². The number of primary sulfonamides is 1. The van der Waals surface area contributed by atoms with Crippen molar-refractivity contribution in [2.24, 2.45) is 11.1 Å². The Hall–Kier alpha value is -1.44. The van der Waals surface area contributed by atoms with Crippen LogP contribution in [0.15, 0.2) is 29.2 Å². The van der Waals surface area contributed by atoms with Crippen LogP contribution < -0.4 is 10.5 Å². The van der Waals surface area contributed by atoms with Gasteiger partial charge in [0.25, 0.3) is 0 Å². The fourth-order valence-corrected chi connectivity index (χ4v) is 3.19. The summed E-state index contributed by atoms with van der Waals surface area (Å²) in [7, 11) is -3.85. The number of hydrogen-bond donors (Lipinski definition) is 2. The second-order valence-electron chi connectivity index (χ2n) is 5.21. The molecule has 0 bridgehead atoms. The molecule has 1 saturated carbocycles. The Bertz CT molecular complexity index is 609. The molecule has 0 aliphatic heterocycles. The summed E-state index contributed by atoms with van der Waals surface area (Å²) in [6, 6.07) is 6.12. The minimum Gasteiger partial charge on any atom is -0.378 e. The first-order chi connectivity index (χ1) is 9.90. The van der Waals surface area contributed by atoms with Gasteiger partial charge in [-0.1, -0.05) is 12.1 Å². The van der Waals surface area contributed by atoms with Crippen LogP contribution in [0, 0.1) is 5.92 Å². The standard InChI is InChI=1S/C14H20N2O4S/c1-2-20-11-7-10(8-11)9-14(17)16-12-5-3-4-6-13(12)21(15,18)19/h3-6,10-11H,2,7-9H2,1H3,(H,16,17)(H2,15,18,19). The Balaban J connectivity index is 1.92. The number of ether oxygens (including phenoxy) is 1. The van der Waals surface area contributed by atoms with Crippen molar-refractivity contribution < 1.29 is 17.9 Å². The van der Waals surface area contributed by atoms with E-state index < -0.39 is 10.0 Å². The number of carbonyl (C=O) groups excluding carboxylic acids is 1. The van der Waals surface area contributed by atoms with E-state index in [2.05, 4.69) is 5.32 Å². The number of rotatable bonds is 6. The molecule has 1 aromatic carbocycles. The van der Waals surface area contributed by atoms with Gasteiger partial charge in [-0.05, 0) is 37.8 Å². The average Bonchev–Trinajstić information content (AvgIpc) is 2.35. The van der Waals surface area contributed by atoms with Crippen LogP contribution >= 0.6 is 0 Å². The van der Waals surface area contributed by atoms with E-state index in [1.54, 1.807) is 12.1 Å². The number of amides is 1. The summed E-state index contributed by atoms with van der Waals surface area (Å²) in [5.74, 6) is 0.0919. The topological polar surface area (TPSA) is 98.5 Å². The third-order valence-electron chi connectivity index (χ3n) is 3.54. The molecule has 6 nitrogen and oxygen atoms in total. The summed E-state index contributed by atoms with van der Waals surface area (Å²) < 4.78 is 28.3. The quantitative estimate of drug-likeness (QED) is 0.831. The molecule has 3 N–H and O–H groups in total.